The molecule has 1 rings (SSSR count). The first-order valence-electron chi connectivity index (χ1n) is 35.0. The first-order chi connectivity index (χ1) is 39.2. The Morgan fingerprint density at radius 2 is 0.787 bits per heavy atom. The van der Waals surface area contributed by atoms with Crippen LogP contribution in [-0.4, -0.2) is 100 Å². The first-order valence-corrected chi connectivity index (χ1v) is 35.0. The van der Waals surface area contributed by atoms with Crippen LogP contribution in [0.5, 0.6) is 0 Å². The van der Waals surface area contributed by atoms with Gasteiger partial charge in [0.1, 0.15) is 24.4 Å². The van der Waals surface area contributed by atoms with Crippen LogP contribution in [0, 0.1) is 0 Å². The average molecular weight is 1140 g/mol. The monoisotopic (exact) mass is 1140 g/mol. The molecular weight excluding hydrogens is 1000 g/mol. The van der Waals surface area contributed by atoms with Crippen LogP contribution in [0.1, 0.15) is 354 Å². The van der Waals surface area contributed by atoms with E-state index < -0.39 is 49.5 Å². The molecule has 0 bridgehead atoms. The Labute approximate surface area is 493 Å². The highest BCUT2D eigenvalue weighted by molar-refractivity contribution is 5.76. The van der Waals surface area contributed by atoms with E-state index in [0.717, 1.165) is 51.4 Å². The molecule has 7 unspecified atom stereocenters. The molecule has 7 atom stereocenters. The Kier molecular flexibility index (Phi) is 56.5. The summed E-state index contributed by atoms with van der Waals surface area (Å²) in [5.74, 6) is -0.165. The third-order valence-electron chi connectivity index (χ3n) is 16.9. The van der Waals surface area contributed by atoms with Crippen LogP contribution < -0.4 is 5.32 Å². The van der Waals surface area contributed by atoms with E-state index in [9.17, 15) is 35.1 Å². The van der Waals surface area contributed by atoms with E-state index in [4.69, 9.17) is 14.2 Å². The van der Waals surface area contributed by atoms with Crippen LogP contribution in [0.25, 0.3) is 0 Å². The Balaban J connectivity index is 1.90. The molecule has 474 valence electrons. The molecule has 0 aliphatic carbocycles. The molecule has 1 aliphatic rings. The number of carbonyl (C=O) groups is 2. The topological polar surface area (TPSA) is 175 Å². The number of aliphatic hydroxyl groups is 5. The average Bonchev–Trinajstić information content (AvgIpc) is 3.45. The molecule has 6 N–H and O–H groups in total. The maximum absolute atomic E-state index is 13.0. The summed E-state index contributed by atoms with van der Waals surface area (Å²) in [6, 6.07) is -0.805. The Morgan fingerprint density at radius 3 is 1.16 bits per heavy atom. The van der Waals surface area contributed by atoms with Crippen molar-refractivity contribution in [3.8, 4) is 0 Å². The number of carbonyl (C=O) groups excluding carboxylic acids is 2. The molecule has 1 amide bonds. The number of rotatable bonds is 62. The number of esters is 1. The molecule has 1 fully saturated rings. The molecule has 11 heteroatoms. The number of hydrogen-bond acceptors (Lipinski definition) is 10. The maximum atomic E-state index is 13.0. The van der Waals surface area contributed by atoms with E-state index in [-0.39, 0.29) is 18.5 Å². The zero-order valence-electron chi connectivity index (χ0n) is 52.6. The number of nitrogens with one attached hydrogen (secondary N) is 1. The van der Waals surface area contributed by atoms with Crippen LogP contribution in [0.2, 0.25) is 0 Å². The van der Waals surface area contributed by atoms with Crippen molar-refractivity contribution in [2.24, 2.45) is 0 Å². The molecule has 1 saturated heterocycles. The minimum Gasteiger partial charge on any atom is -0.466 e. The fraction of sp³-hybridized carbons (Fsp3) is 0.942. The summed E-state index contributed by atoms with van der Waals surface area (Å²) in [7, 11) is 0. The van der Waals surface area contributed by atoms with Gasteiger partial charge in [-0.1, -0.05) is 321 Å². The van der Waals surface area contributed by atoms with Gasteiger partial charge in [-0.25, -0.2) is 0 Å². The predicted molar refractivity (Wildman–Crippen MR) is 334 cm³/mol. The summed E-state index contributed by atoms with van der Waals surface area (Å²) in [6.45, 7) is 4.36. The number of ether oxygens (including phenoxy) is 3. The van der Waals surface area contributed by atoms with Crippen molar-refractivity contribution in [1.29, 1.82) is 0 Å². The van der Waals surface area contributed by atoms with Crippen LogP contribution >= 0.6 is 0 Å². The summed E-state index contributed by atoms with van der Waals surface area (Å²) in [5.41, 5.74) is 0. The minimum atomic E-state index is -1.57. The van der Waals surface area contributed by atoms with E-state index in [0.29, 0.717) is 19.4 Å². The van der Waals surface area contributed by atoms with Crippen molar-refractivity contribution < 1.29 is 49.3 Å². The highest BCUT2D eigenvalue weighted by Crippen LogP contribution is 2.23. The summed E-state index contributed by atoms with van der Waals surface area (Å²) in [5, 5.41) is 54.3. The lowest BCUT2D eigenvalue weighted by molar-refractivity contribution is -0.302. The summed E-state index contributed by atoms with van der Waals surface area (Å²) < 4.78 is 16.7. The van der Waals surface area contributed by atoms with Gasteiger partial charge in [-0.05, 0) is 32.1 Å². The van der Waals surface area contributed by atoms with Gasteiger partial charge in [0.2, 0.25) is 5.91 Å². The third kappa shape index (κ3) is 47.7. The second-order valence-electron chi connectivity index (χ2n) is 24.6. The van der Waals surface area contributed by atoms with Crippen LogP contribution in [0.15, 0.2) is 12.2 Å². The van der Waals surface area contributed by atoms with Gasteiger partial charge in [-0.2, -0.15) is 0 Å². The molecule has 0 aromatic heterocycles. The fourth-order valence-electron chi connectivity index (χ4n) is 11.4. The quantitative estimate of drug-likeness (QED) is 0.0195. The standard InChI is InChI=1S/C69H133NO10/c1-3-5-7-9-11-13-14-15-30-34-37-41-45-49-53-57-65(74)78-58-54-50-46-42-38-35-32-29-27-25-23-21-19-17-16-18-20-22-24-26-28-31-33-36-40-44-48-52-56-64(73)70-61(62(72)55-51-47-43-39-12-10-8-6-4-2)60-79-69-68(77)67(76)66(75)63(59-71)80-69/h51,55,61-63,66-69,71-72,75-77H,3-50,52-54,56-60H2,1-2H3,(H,70,73)/b55-51+. The van der Waals surface area contributed by atoms with Gasteiger partial charge in [0.15, 0.2) is 6.29 Å². The van der Waals surface area contributed by atoms with E-state index in [1.54, 1.807) is 6.08 Å². The Morgan fingerprint density at radius 1 is 0.450 bits per heavy atom. The normalized spacial score (nSPS) is 18.3. The number of aliphatic hydroxyl groups excluding tert-OH is 5. The number of unbranched alkanes of at least 4 members (excludes halogenated alkanes) is 48. The van der Waals surface area contributed by atoms with Crippen molar-refractivity contribution in [1.82, 2.24) is 5.32 Å². The second kappa shape index (κ2) is 59.1. The second-order valence-corrected chi connectivity index (χ2v) is 24.6. The molecule has 0 saturated carbocycles. The first kappa shape index (κ1) is 76.4. The molecule has 1 aliphatic heterocycles. The molecule has 0 spiro atoms. The van der Waals surface area contributed by atoms with Gasteiger partial charge < -0.3 is 45.1 Å². The smallest absolute Gasteiger partial charge is 0.305 e. The van der Waals surface area contributed by atoms with E-state index in [2.05, 4.69) is 19.2 Å². The van der Waals surface area contributed by atoms with Crippen LogP contribution in [0.3, 0.4) is 0 Å². The van der Waals surface area contributed by atoms with Gasteiger partial charge >= 0.3 is 5.97 Å². The summed E-state index contributed by atoms with van der Waals surface area (Å²) in [4.78, 5) is 25.1. The van der Waals surface area contributed by atoms with Crippen LogP contribution in [-0.2, 0) is 23.8 Å². The predicted octanol–water partition coefficient (Wildman–Crippen LogP) is 17.5. The zero-order chi connectivity index (χ0) is 58.0. The van der Waals surface area contributed by atoms with Crippen molar-refractivity contribution in [2.75, 3.05) is 19.8 Å². The Hall–Kier alpha value is -1.60. The van der Waals surface area contributed by atoms with Gasteiger partial charge in [0, 0.05) is 12.8 Å². The number of allylic oxidation sites excluding steroid dienone is 1. The van der Waals surface area contributed by atoms with E-state index >= 15 is 0 Å². The number of hydrogen-bond donors (Lipinski definition) is 6. The fourth-order valence-corrected chi connectivity index (χ4v) is 11.4. The van der Waals surface area contributed by atoms with Crippen molar-refractivity contribution in [3.05, 3.63) is 12.2 Å². The van der Waals surface area contributed by atoms with Crippen molar-refractivity contribution >= 4 is 11.9 Å². The number of amides is 1. The van der Waals surface area contributed by atoms with Crippen LogP contribution in [0.4, 0.5) is 0 Å². The molecule has 80 heavy (non-hydrogen) atoms. The third-order valence-corrected chi connectivity index (χ3v) is 16.9. The summed E-state index contributed by atoms with van der Waals surface area (Å²) >= 11 is 0. The maximum Gasteiger partial charge on any atom is 0.305 e. The summed E-state index contributed by atoms with van der Waals surface area (Å²) in [6.07, 6.45) is 62.2. The lowest BCUT2D eigenvalue weighted by Gasteiger charge is -2.40. The molecule has 1 heterocycles. The molecule has 11 nitrogen and oxygen atoms in total. The largest absolute Gasteiger partial charge is 0.466 e. The molecular formula is C69H133NO10. The zero-order valence-corrected chi connectivity index (χ0v) is 52.6. The Bertz CT molecular complexity index is 1330. The van der Waals surface area contributed by atoms with Gasteiger partial charge in [0.25, 0.3) is 0 Å². The van der Waals surface area contributed by atoms with Gasteiger partial charge in [-0.15, -0.1) is 0 Å². The molecule has 0 aromatic rings. The van der Waals surface area contributed by atoms with Gasteiger partial charge in [-0.3, -0.25) is 9.59 Å². The van der Waals surface area contributed by atoms with Crippen molar-refractivity contribution in [2.45, 2.75) is 397 Å². The highest BCUT2D eigenvalue weighted by Gasteiger charge is 2.44. The van der Waals surface area contributed by atoms with E-state index in [1.165, 1.54) is 276 Å². The lowest BCUT2D eigenvalue weighted by atomic mass is 9.99. The highest BCUT2D eigenvalue weighted by atomic mass is 16.7. The molecule has 0 aromatic carbocycles. The van der Waals surface area contributed by atoms with E-state index in [1.807, 2.05) is 6.08 Å². The molecule has 0 radical (unpaired) electrons. The lowest BCUT2D eigenvalue weighted by Crippen LogP contribution is -2.60. The van der Waals surface area contributed by atoms with Crippen molar-refractivity contribution in [3.63, 3.8) is 0 Å². The minimum absolute atomic E-state index is 0.0133. The SMILES string of the molecule is CCCCCCCCC/C=C/C(O)C(COC1OC(CO)C(O)C(O)C1O)NC(=O)CCCCCCCCCCCCCCCCCCCCCCCCCCCCCCOC(=O)CCCCCCCCCCCCCCCCC. The van der Waals surface area contributed by atoms with Gasteiger partial charge in [0.05, 0.1) is 32.0 Å².